The molecule has 9 heteroatoms. The Balaban J connectivity index is 1.37. The fraction of sp³-hybridized carbons (Fsp3) is 0.278. The van der Waals surface area contributed by atoms with Gasteiger partial charge in [-0.05, 0) is 35.7 Å². The van der Waals surface area contributed by atoms with Gasteiger partial charge >= 0.3 is 0 Å². The molecule has 1 saturated heterocycles. The zero-order valence-corrected chi connectivity index (χ0v) is 16.1. The van der Waals surface area contributed by atoms with Gasteiger partial charge in [0.1, 0.15) is 24.3 Å². The molecule has 0 amide bonds. The number of thiophene rings is 1. The van der Waals surface area contributed by atoms with Gasteiger partial charge < -0.3 is 9.32 Å². The van der Waals surface area contributed by atoms with E-state index in [0.717, 1.165) is 10.6 Å². The van der Waals surface area contributed by atoms with Crippen LogP contribution in [-0.4, -0.2) is 43.9 Å². The molecule has 1 aliphatic heterocycles. The van der Waals surface area contributed by atoms with E-state index in [1.165, 1.54) is 33.5 Å². The SMILES string of the molecule is O=S(=O)(c1ccc(F)cc1)N1CC[NH+](Cc2coc(-c3cccs3)n2)CC1. The number of quaternary nitrogens is 1. The van der Waals surface area contributed by atoms with Crippen molar-refractivity contribution >= 4 is 21.4 Å². The highest BCUT2D eigenvalue weighted by atomic mass is 32.2. The highest BCUT2D eigenvalue weighted by Crippen LogP contribution is 2.23. The van der Waals surface area contributed by atoms with Crippen LogP contribution in [0.5, 0.6) is 0 Å². The second-order valence-electron chi connectivity index (χ2n) is 6.41. The Bertz CT molecular complexity index is 993. The number of benzene rings is 1. The number of aromatic nitrogens is 1. The van der Waals surface area contributed by atoms with Gasteiger partial charge in [-0.3, -0.25) is 0 Å². The molecule has 1 fully saturated rings. The summed E-state index contributed by atoms with van der Waals surface area (Å²) < 4.78 is 45.4. The van der Waals surface area contributed by atoms with Gasteiger partial charge in [-0.25, -0.2) is 17.8 Å². The predicted molar refractivity (Wildman–Crippen MR) is 99.4 cm³/mol. The lowest BCUT2D eigenvalue weighted by Gasteiger charge is -2.31. The van der Waals surface area contributed by atoms with Crippen molar-refractivity contribution in [3.63, 3.8) is 0 Å². The molecule has 0 saturated carbocycles. The van der Waals surface area contributed by atoms with Crippen LogP contribution in [0.2, 0.25) is 0 Å². The highest BCUT2D eigenvalue weighted by Gasteiger charge is 2.30. The summed E-state index contributed by atoms with van der Waals surface area (Å²) in [6, 6.07) is 8.88. The number of rotatable bonds is 5. The van der Waals surface area contributed by atoms with E-state index in [4.69, 9.17) is 4.42 Å². The van der Waals surface area contributed by atoms with Crippen molar-refractivity contribution in [2.45, 2.75) is 11.4 Å². The smallest absolute Gasteiger partial charge is 0.243 e. The molecular weight excluding hydrogens is 389 g/mol. The minimum absolute atomic E-state index is 0.129. The average molecular weight is 409 g/mol. The van der Waals surface area contributed by atoms with Gasteiger partial charge in [0.2, 0.25) is 15.9 Å². The van der Waals surface area contributed by atoms with Crippen LogP contribution in [0.25, 0.3) is 10.8 Å². The Morgan fingerprint density at radius 2 is 1.93 bits per heavy atom. The molecule has 0 bridgehead atoms. The van der Waals surface area contributed by atoms with E-state index >= 15 is 0 Å². The third-order valence-corrected chi connectivity index (χ3v) is 7.37. The molecule has 0 spiro atoms. The molecule has 2 aromatic heterocycles. The molecule has 0 aliphatic carbocycles. The Morgan fingerprint density at radius 1 is 1.19 bits per heavy atom. The van der Waals surface area contributed by atoms with Crippen LogP contribution in [0.3, 0.4) is 0 Å². The van der Waals surface area contributed by atoms with E-state index in [1.807, 2.05) is 17.5 Å². The molecule has 3 aromatic rings. The van der Waals surface area contributed by atoms with E-state index < -0.39 is 15.8 Å². The number of sulfonamides is 1. The van der Waals surface area contributed by atoms with E-state index in [-0.39, 0.29) is 4.90 Å². The maximum atomic E-state index is 13.0. The fourth-order valence-corrected chi connectivity index (χ4v) is 5.23. The van der Waals surface area contributed by atoms with Gasteiger partial charge in [0.05, 0.1) is 36.0 Å². The molecule has 27 heavy (non-hydrogen) atoms. The molecule has 4 rings (SSSR count). The summed E-state index contributed by atoms with van der Waals surface area (Å²) in [7, 11) is -3.58. The van der Waals surface area contributed by atoms with Crippen LogP contribution < -0.4 is 4.90 Å². The summed E-state index contributed by atoms with van der Waals surface area (Å²) in [6.07, 6.45) is 1.67. The monoisotopic (exact) mass is 408 g/mol. The Hall–Kier alpha value is -2.07. The van der Waals surface area contributed by atoms with E-state index in [9.17, 15) is 12.8 Å². The molecule has 1 aliphatic rings. The first-order valence-corrected chi connectivity index (χ1v) is 10.9. The molecular formula is C18H19FN3O3S2+. The van der Waals surface area contributed by atoms with Gasteiger partial charge in [0, 0.05) is 0 Å². The van der Waals surface area contributed by atoms with Gasteiger partial charge in [-0.2, -0.15) is 4.31 Å². The molecule has 142 valence electrons. The second-order valence-corrected chi connectivity index (χ2v) is 9.29. The standard InChI is InChI=1S/C18H18FN3O3S2/c19-14-3-5-16(6-4-14)27(23,24)22-9-7-21(8-10-22)12-15-13-25-18(20-15)17-2-1-11-26-17/h1-6,11,13H,7-10,12H2/p+1. The van der Waals surface area contributed by atoms with Crippen LogP contribution >= 0.6 is 11.3 Å². The lowest BCUT2D eigenvalue weighted by molar-refractivity contribution is -0.917. The van der Waals surface area contributed by atoms with Crippen molar-refractivity contribution in [2.24, 2.45) is 0 Å². The zero-order chi connectivity index (χ0) is 18.9. The zero-order valence-electron chi connectivity index (χ0n) is 14.5. The minimum atomic E-state index is -3.58. The van der Waals surface area contributed by atoms with Crippen LogP contribution in [0.4, 0.5) is 4.39 Å². The Morgan fingerprint density at radius 3 is 2.59 bits per heavy atom. The van der Waals surface area contributed by atoms with Crippen molar-refractivity contribution in [1.29, 1.82) is 0 Å². The molecule has 1 aromatic carbocycles. The first-order chi connectivity index (χ1) is 13.0. The van der Waals surface area contributed by atoms with Gasteiger partial charge in [0.25, 0.3) is 0 Å². The molecule has 1 N–H and O–H groups in total. The molecule has 0 radical (unpaired) electrons. The largest absolute Gasteiger partial charge is 0.443 e. The molecule has 3 heterocycles. The fourth-order valence-electron chi connectivity index (χ4n) is 3.13. The van der Waals surface area contributed by atoms with Gasteiger partial charge in [-0.15, -0.1) is 11.3 Å². The number of hydrogen-bond donors (Lipinski definition) is 1. The van der Waals surface area contributed by atoms with E-state index in [1.54, 1.807) is 17.6 Å². The van der Waals surface area contributed by atoms with Crippen LogP contribution in [0, 0.1) is 5.82 Å². The summed E-state index contributed by atoms with van der Waals surface area (Å²) in [6.45, 7) is 2.90. The lowest BCUT2D eigenvalue weighted by Crippen LogP contribution is -3.13. The molecule has 6 nitrogen and oxygen atoms in total. The third-order valence-electron chi connectivity index (χ3n) is 4.60. The quantitative estimate of drug-likeness (QED) is 0.697. The van der Waals surface area contributed by atoms with Crippen molar-refractivity contribution in [1.82, 2.24) is 9.29 Å². The number of nitrogens with one attached hydrogen (secondary N) is 1. The van der Waals surface area contributed by atoms with Crippen molar-refractivity contribution in [2.75, 3.05) is 26.2 Å². The third kappa shape index (κ3) is 3.96. The van der Waals surface area contributed by atoms with Crippen LogP contribution in [-0.2, 0) is 16.6 Å². The van der Waals surface area contributed by atoms with Crippen molar-refractivity contribution < 1.29 is 22.1 Å². The second kappa shape index (κ2) is 7.51. The summed E-state index contributed by atoms with van der Waals surface area (Å²) in [5.74, 6) is 0.176. The minimum Gasteiger partial charge on any atom is -0.443 e. The van der Waals surface area contributed by atoms with Crippen molar-refractivity contribution in [3.05, 3.63) is 59.6 Å². The normalized spacial score (nSPS) is 16.6. The van der Waals surface area contributed by atoms with Gasteiger partial charge in [-0.1, -0.05) is 6.07 Å². The number of hydrogen-bond acceptors (Lipinski definition) is 5. The van der Waals surface area contributed by atoms with Crippen molar-refractivity contribution in [3.8, 4) is 10.8 Å². The number of halogens is 1. The predicted octanol–water partition coefficient (Wildman–Crippen LogP) is 1.63. The number of nitrogens with zero attached hydrogens (tertiary/aromatic N) is 2. The maximum absolute atomic E-state index is 13.0. The highest BCUT2D eigenvalue weighted by molar-refractivity contribution is 7.89. The van der Waals surface area contributed by atoms with Crippen LogP contribution in [0.1, 0.15) is 5.69 Å². The first-order valence-electron chi connectivity index (χ1n) is 8.60. The Kier molecular flexibility index (Phi) is 5.09. The van der Waals surface area contributed by atoms with Gasteiger partial charge in [0.15, 0.2) is 0 Å². The summed E-state index contributed by atoms with van der Waals surface area (Å²) in [4.78, 5) is 6.90. The van der Waals surface area contributed by atoms with Crippen LogP contribution in [0.15, 0.2) is 57.4 Å². The molecule has 0 atom stereocenters. The first kappa shape index (κ1) is 18.3. The molecule has 0 unspecified atom stereocenters. The number of oxazole rings is 1. The Labute approximate surface area is 160 Å². The summed E-state index contributed by atoms with van der Waals surface area (Å²) in [5, 5.41) is 1.98. The summed E-state index contributed by atoms with van der Waals surface area (Å²) in [5.41, 5.74) is 0.864. The van der Waals surface area contributed by atoms with E-state index in [0.29, 0.717) is 38.6 Å². The lowest BCUT2D eigenvalue weighted by atomic mass is 10.3. The topological polar surface area (TPSA) is 67.8 Å². The summed E-state index contributed by atoms with van der Waals surface area (Å²) >= 11 is 1.58. The average Bonchev–Trinajstić information content (AvgIpc) is 3.34. The maximum Gasteiger partial charge on any atom is 0.243 e. The van der Waals surface area contributed by atoms with E-state index in [2.05, 4.69) is 4.98 Å². The number of piperazine rings is 1.